The van der Waals surface area contributed by atoms with Crippen molar-refractivity contribution in [1.82, 2.24) is 14.8 Å². The van der Waals surface area contributed by atoms with Crippen LogP contribution >= 0.6 is 0 Å². The average Bonchev–Trinajstić information content (AvgIpc) is 3.37. The molecule has 7 heteroatoms. The predicted molar refractivity (Wildman–Crippen MR) is 148 cm³/mol. The van der Waals surface area contributed by atoms with E-state index in [1.165, 1.54) is 0 Å². The largest absolute Gasteiger partial charge is 0.368 e. The summed E-state index contributed by atoms with van der Waals surface area (Å²) >= 11 is 0. The molecule has 38 heavy (non-hydrogen) atoms. The topological polar surface area (TPSA) is 97.4 Å². The molecular weight excluding hydrogens is 476 g/mol. The summed E-state index contributed by atoms with van der Waals surface area (Å²) in [6.45, 7) is 3.76. The van der Waals surface area contributed by atoms with Crippen LogP contribution in [0.15, 0.2) is 78.9 Å². The number of hydrogen-bond acceptors (Lipinski definition) is 3. The normalized spacial score (nSPS) is 15.6. The highest BCUT2D eigenvalue weighted by atomic mass is 16.2. The van der Waals surface area contributed by atoms with Gasteiger partial charge in [0.05, 0.1) is 18.3 Å². The number of fused-ring (bicyclic) bond motifs is 2. The molecule has 1 aromatic heterocycles. The molecule has 0 radical (unpaired) electrons. The molecule has 0 bridgehead atoms. The van der Waals surface area contributed by atoms with Gasteiger partial charge in [0.15, 0.2) is 0 Å². The number of primary amides is 1. The number of nitrogens with zero attached hydrogens (tertiary/aromatic N) is 2. The van der Waals surface area contributed by atoms with Gasteiger partial charge >= 0.3 is 0 Å². The zero-order valence-corrected chi connectivity index (χ0v) is 21.8. The number of carbonyl (C=O) groups is 3. The molecule has 0 saturated carbocycles. The number of nitrogens with one attached hydrogen (secondary N) is 1. The van der Waals surface area contributed by atoms with Crippen molar-refractivity contribution < 1.29 is 14.4 Å². The number of aromatic nitrogens is 1. The number of hydrogen-bond donors (Lipinski definition) is 2. The second-order valence-electron chi connectivity index (χ2n) is 10.2. The highest BCUT2D eigenvalue weighted by molar-refractivity contribution is 6.04. The Bertz CT molecular complexity index is 1520. The summed E-state index contributed by atoms with van der Waals surface area (Å²) in [5.41, 5.74) is 10.8. The zero-order chi connectivity index (χ0) is 27.0. The van der Waals surface area contributed by atoms with Crippen LogP contribution in [0.5, 0.6) is 0 Å². The fourth-order valence-electron chi connectivity index (χ4n) is 5.68. The minimum Gasteiger partial charge on any atom is -0.368 e. The summed E-state index contributed by atoms with van der Waals surface area (Å²) in [5.74, 6) is -1.09. The van der Waals surface area contributed by atoms with Crippen molar-refractivity contribution in [1.29, 1.82) is 0 Å². The summed E-state index contributed by atoms with van der Waals surface area (Å²) in [4.78, 5) is 40.8. The zero-order valence-electron chi connectivity index (χ0n) is 21.8. The van der Waals surface area contributed by atoms with Gasteiger partial charge in [0, 0.05) is 29.1 Å². The van der Waals surface area contributed by atoms with E-state index in [2.05, 4.69) is 34.1 Å². The lowest BCUT2D eigenvalue weighted by molar-refractivity contribution is -0.129. The summed E-state index contributed by atoms with van der Waals surface area (Å²) in [6.07, 6.45) is 0.437. The number of benzene rings is 3. The van der Waals surface area contributed by atoms with E-state index in [-0.39, 0.29) is 24.3 Å². The van der Waals surface area contributed by atoms with Gasteiger partial charge in [-0.15, -0.1) is 0 Å². The Morgan fingerprint density at radius 3 is 2.32 bits per heavy atom. The first-order valence-electron chi connectivity index (χ1n) is 12.9. The van der Waals surface area contributed by atoms with Crippen molar-refractivity contribution in [2.45, 2.75) is 32.4 Å². The third-order valence-electron chi connectivity index (χ3n) is 7.24. The van der Waals surface area contributed by atoms with Gasteiger partial charge in [0.2, 0.25) is 11.8 Å². The number of nitrogens with two attached hydrogens (primary N) is 1. The Morgan fingerprint density at radius 2 is 1.61 bits per heavy atom. The molecular formula is C31H32N4O3. The molecule has 0 spiro atoms. The van der Waals surface area contributed by atoms with Crippen LogP contribution in [-0.2, 0) is 16.6 Å². The highest BCUT2D eigenvalue weighted by Gasteiger charge is 2.46. The van der Waals surface area contributed by atoms with Gasteiger partial charge in [-0.05, 0) is 35.6 Å². The second kappa shape index (κ2) is 10.2. The highest BCUT2D eigenvalue weighted by Crippen LogP contribution is 2.47. The molecule has 2 heterocycles. The van der Waals surface area contributed by atoms with E-state index in [1.807, 2.05) is 75.5 Å². The van der Waals surface area contributed by atoms with Crippen molar-refractivity contribution >= 4 is 28.6 Å². The molecule has 3 aromatic carbocycles. The van der Waals surface area contributed by atoms with E-state index in [0.717, 1.165) is 33.3 Å². The molecule has 2 atom stereocenters. The molecule has 3 N–H and O–H groups in total. The predicted octanol–water partition coefficient (Wildman–Crippen LogP) is 4.41. The number of para-hydroxylation sites is 1. The lowest BCUT2D eigenvalue weighted by atomic mass is 9.91. The smallest absolute Gasteiger partial charge is 0.255 e. The fourth-order valence-corrected chi connectivity index (χ4v) is 5.68. The van der Waals surface area contributed by atoms with E-state index < -0.39 is 18.0 Å². The van der Waals surface area contributed by atoms with Crippen molar-refractivity contribution in [3.8, 4) is 11.3 Å². The standard InChI is InChI=1S/C31H32N4O3/c1-19(2)17-25(30(37)33-18-26(32)36)35-29(21-13-7-8-14-22(21)31(35)38)27-23-15-9-10-16-24(23)34(3)28(27)20-11-5-4-6-12-20/h4-16,19,25,29H,17-18H2,1-3H3,(H2,32,36)(H,33,37). The van der Waals surface area contributed by atoms with Crippen LogP contribution in [0.4, 0.5) is 0 Å². The van der Waals surface area contributed by atoms with Crippen LogP contribution < -0.4 is 11.1 Å². The minimum atomic E-state index is -0.790. The summed E-state index contributed by atoms with van der Waals surface area (Å²) in [5, 5.41) is 3.68. The van der Waals surface area contributed by atoms with E-state index in [1.54, 1.807) is 4.90 Å². The number of rotatable bonds is 8. The number of amides is 3. The molecule has 1 aliphatic heterocycles. The molecule has 7 nitrogen and oxygen atoms in total. The lowest BCUT2D eigenvalue weighted by Gasteiger charge is -2.34. The van der Waals surface area contributed by atoms with Crippen LogP contribution in [-0.4, -0.2) is 39.8 Å². The first-order chi connectivity index (χ1) is 18.3. The average molecular weight is 509 g/mol. The van der Waals surface area contributed by atoms with E-state index in [0.29, 0.717) is 12.0 Å². The Labute approximate surface area is 222 Å². The van der Waals surface area contributed by atoms with Crippen molar-refractivity contribution in [2.24, 2.45) is 18.7 Å². The van der Waals surface area contributed by atoms with Crippen LogP contribution in [0.1, 0.15) is 47.8 Å². The molecule has 1 aliphatic rings. The van der Waals surface area contributed by atoms with Gasteiger partial charge in [0.1, 0.15) is 6.04 Å². The van der Waals surface area contributed by atoms with Gasteiger partial charge in [-0.2, -0.15) is 0 Å². The first kappa shape index (κ1) is 25.3. The van der Waals surface area contributed by atoms with Gasteiger partial charge in [0.25, 0.3) is 5.91 Å². The fraction of sp³-hybridized carbons (Fsp3) is 0.258. The SMILES string of the molecule is CC(C)CC(C(=O)NCC(N)=O)N1C(=O)c2ccccc2C1c1c(-c2ccccc2)n(C)c2ccccc12. The third-order valence-corrected chi connectivity index (χ3v) is 7.24. The van der Waals surface area contributed by atoms with Gasteiger partial charge in [-0.1, -0.05) is 80.6 Å². The maximum Gasteiger partial charge on any atom is 0.255 e. The van der Waals surface area contributed by atoms with E-state index >= 15 is 0 Å². The monoisotopic (exact) mass is 508 g/mol. The van der Waals surface area contributed by atoms with Crippen molar-refractivity contribution in [2.75, 3.05) is 6.54 Å². The lowest BCUT2D eigenvalue weighted by Crippen LogP contribution is -2.50. The number of aryl methyl sites for hydroxylation is 1. The Hall–Kier alpha value is -4.39. The Balaban J connectivity index is 1.78. The molecule has 3 amide bonds. The van der Waals surface area contributed by atoms with Crippen molar-refractivity contribution in [3.63, 3.8) is 0 Å². The van der Waals surface area contributed by atoms with Crippen LogP contribution in [0.25, 0.3) is 22.2 Å². The van der Waals surface area contributed by atoms with Gasteiger partial charge in [-0.3, -0.25) is 14.4 Å². The Morgan fingerprint density at radius 1 is 0.947 bits per heavy atom. The Kier molecular flexibility index (Phi) is 6.76. The molecule has 194 valence electrons. The van der Waals surface area contributed by atoms with Gasteiger partial charge in [-0.25, -0.2) is 0 Å². The summed E-state index contributed by atoms with van der Waals surface area (Å²) in [6, 6.07) is 24.6. The van der Waals surface area contributed by atoms with E-state index in [9.17, 15) is 14.4 Å². The van der Waals surface area contributed by atoms with Crippen LogP contribution in [0.2, 0.25) is 0 Å². The van der Waals surface area contributed by atoms with Crippen LogP contribution in [0, 0.1) is 5.92 Å². The molecule has 4 aromatic rings. The van der Waals surface area contributed by atoms with Crippen LogP contribution in [0.3, 0.4) is 0 Å². The maximum absolute atomic E-state index is 14.1. The minimum absolute atomic E-state index is 0.123. The first-order valence-corrected chi connectivity index (χ1v) is 12.9. The molecule has 0 fully saturated rings. The second-order valence-corrected chi connectivity index (χ2v) is 10.2. The van der Waals surface area contributed by atoms with Crippen molar-refractivity contribution in [3.05, 3.63) is 95.6 Å². The molecule has 0 aliphatic carbocycles. The summed E-state index contributed by atoms with van der Waals surface area (Å²) < 4.78 is 2.16. The van der Waals surface area contributed by atoms with Gasteiger partial charge < -0.3 is 20.5 Å². The summed E-state index contributed by atoms with van der Waals surface area (Å²) in [7, 11) is 2.03. The third kappa shape index (κ3) is 4.34. The molecule has 2 unspecified atom stereocenters. The van der Waals surface area contributed by atoms with E-state index in [4.69, 9.17) is 5.73 Å². The maximum atomic E-state index is 14.1. The quantitative estimate of drug-likeness (QED) is 0.369. The molecule has 0 saturated heterocycles. The molecule has 5 rings (SSSR count). The number of carbonyl (C=O) groups excluding carboxylic acids is 3.